The Bertz CT molecular complexity index is 495. The molecule has 1 saturated heterocycles. The van der Waals surface area contributed by atoms with E-state index in [-0.39, 0.29) is 30.0 Å². The van der Waals surface area contributed by atoms with Crippen LogP contribution in [0.5, 0.6) is 0 Å². The van der Waals surface area contributed by atoms with Gasteiger partial charge in [-0.15, -0.1) is 12.4 Å². The Labute approximate surface area is 145 Å². The molecule has 0 aromatic heterocycles. The normalized spacial score (nSPS) is 15.7. The van der Waals surface area contributed by atoms with Crippen molar-refractivity contribution in [3.63, 3.8) is 0 Å². The van der Waals surface area contributed by atoms with E-state index in [9.17, 15) is 9.59 Å². The minimum atomic E-state index is 0. The molecule has 2 rings (SSSR count). The molecule has 128 valence electrons. The second-order valence-corrected chi connectivity index (χ2v) is 5.85. The number of nitrogens with zero attached hydrogens (tertiary/aromatic N) is 2. The molecular formula is C18H27ClN2O2. The van der Waals surface area contributed by atoms with E-state index >= 15 is 0 Å². The monoisotopic (exact) mass is 338 g/mol. The molecule has 1 heterocycles. The Balaban J connectivity index is 0.00000264. The number of ketones is 1. The largest absolute Gasteiger partial charge is 0.343 e. The molecule has 1 aromatic rings. The van der Waals surface area contributed by atoms with Crippen molar-refractivity contribution in [2.24, 2.45) is 5.92 Å². The maximum atomic E-state index is 12.4. The van der Waals surface area contributed by atoms with Gasteiger partial charge in [0.2, 0.25) is 5.91 Å². The molecule has 0 spiro atoms. The first kappa shape index (κ1) is 19.7. The number of carbonyl (C=O) groups is 2. The number of amides is 1. The van der Waals surface area contributed by atoms with Crippen LogP contribution in [0.3, 0.4) is 0 Å². The van der Waals surface area contributed by atoms with Gasteiger partial charge in [0.05, 0.1) is 6.54 Å². The zero-order chi connectivity index (χ0) is 15.9. The van der Waals surface area contributed by atoms with Gasteiger partial charge in [0, 0.05) is 24.6 Å². The summed E-state index contributed by atoms with van der Waals surface area (Å²) >= 11 is 0. The number of hydrogen-bond acceptors (Lipinski definition) is 3. The van der Waals surface area contributed by atoms with E-state index in [1.165, 1.54) is 0 Å². The second-order valence-electron chi connectivity index (χ2n) is 5.85. The lowest BCUT2D eigenvalue weighted by Crippen LogP contribution is -2.43. The standard InChI is InChI=1S/C18H26N2O2.ClH/c1-3-20(4-2)18(22)16-10-12-19(13-11-16)14-17(21)15-8-6-5-7-9-15;/h5-9,16H,3-4,10-14H2,1-2H3;1H. The van der Waals surface area contributed by atoms with Crippen LogP contribution in [-0.4, -0.2) is 54.2 Å². The van der Waals surface area contributed by atoms with E-state index in [4.69, 9.17) is 0 Å². The average molecular weight is 339 g/mol. The van der Waals surface area contributed by atoms with E-state index in [0.717, 1.165) is 44.6 Å². The Morgan fingerprint density at radius 2 is 1.65 bits per heavy atom. The van der Waals surface area contributed by atoms with Crippen molar-refractivity contribution in [2.75, 3.05) is 32.7 Å². The number of rotatable bonds is 6. The van der Waals surface area contributed by atoms with Crippen molar-refractivity contribution < 1.29 is 9.59 Å². The van der Waals surface area contributed by atoms with Crippen LogP contribution < -0.4 is 0 Å². The van der Waals surface area contributed by atoms with Crippen LogP contribution in [0.2, 0.25) is 0 Å². The number of piperidine rings is 1. The molecule has 0 radical (unpaired) electrons. The summed E-state index contributed by atoms with van der Waals surface area (Å²) in [5, 5.41) is 0. The van der Waals surface area contributed by atoms with Crippen molar-refractivity contribution >= 4 is 24.1 Å². The van der Waals surface area contributed by atoms with Crippen molar-refractivity contribution in [2.45, 2.75) is 26.7 Å². The first-order chi connectivity index (χ1) is 10.7. The first-order valence-corrected chi connectivity index (χ1v) is 8.25. The predicted octanol–water partition coefficient (Wildman–Crippen LogP) is 2.87. The summed E-state index contributed by atoms with van der Waals surface area (Å²) in [7, 11) is 0. The Morgan fingerprint density at radius 1 is 1.09 bits per heavy atom. The van der Waals surface area contributed by atoms with Gasteiger partial charge in [-0.25, -0.2) is 0 Å². The van der Waals surface area contributed by atoms with Gasteiger partial charge in [-0.3, -0.25) is 14.5 Å². The quantitative estimate of drug-likeness (QED) is 0.749. The molecule has 1 amide bonds. The van der Waals surface area contributed by atoms with E-state index < -0.39 is 0 Å². The van der Waals surface area contributed by atoms with Crippen LogP contribution in [0.15, 0.2) is 30.3 Å². The molecule has 0 aliphatic carbocycles. The topological polar surface area (TPSA) is 40.6 Å². The van der Waals surface area contributed by atoms with Crippen molar-refractivity contribution in [3.05, 3.63) is 35.9 Å². The lowest BCUT2D eigenvalue weighted by Gasteiger charge is -2.33. The van der Waals surface area contributed by atoms with Gasteiger partial charge in [0.15, 0.2) is 5.78 Å². The molecule has 0 N–H and O–H groups in total. The average Bonchev–Trinajstić information content (AvgIpc) is 2.57. The fourth-order valence-corrected chi connectivity index (χ4v) is 3.05. The van der Waals surface area contributed by atoms with Gasteiger partial charge < -0.3 is 4.90 Å². The molecule has 0 atom stereocenters. The van der Waals surface area contributed by atoms with Crippen molar-refractivity contribution in [1.29, 1.82) is 0 Å². The molecule has 4 nitrogen and oxygen atoms in total. The van der Waals surface area contributed by atoms with Gasteiger partial charge in [-0.2, -0.15) is 0 Å². The minimum Gasteiger partial charge on any atom is -0.343 e. The van der Waals surface area contributed by atoms with E-state index in [0.29, 0.717) is 6.54 Å². The zero-order valence-corrected chi connectivity index (χ0v) is 14.8. The molecule has 1 fully saturated rings. The number of carbonyl (C=O) groups excluding carboxylic acids is 2. The Kier molecular flexibility index (Phi) is 8.28. The third-order valence-electron chi connectivity index (χ3n) is 4.47. The molecule has 0 unspecified atom stereocenters. The first-order valence-electron chi connectivity index (χ1n) is 8.25. The predicted molar refractivity (Wildman–Crippen MR) is 95.1 cm³/mol. The lowest BCUT2D eigenvalue weighted by atomic mass is 9.95. The van der Waals surface area contributed by atoms with Crippen LogP contribution in [0.4, 0.5) is 0 Å². The number of benzene rings is 1. The molecule has 1 aromatic carbocycles. The number of hydrogen-bond donors (Lipinski definition) is 0. The molecule has 1 aliphatic heterocycles. The highest BCUT2D eigenvalue weighted by molar-refractivity contribution is 5.97. The second kappa shape index (κ2) is 9.68. The summed E-state index contributed by atoms with van der Waals surface area (Å²) in [4.78, 5) is 28.6. The van der Waals surface area contributed by atoms with Gasteiger partial charge in [-0.1, -0.05) is 30.3 Å². The smallest absolute Gasteiger partial charge is 0.225 e. The maximum Gasteiger partial charge on any atom is 0.225 e. The fourth-order valence-electron chi connectivity index (χ4n) is 3.05. The summed E-state index contributed by atoms with van der Waals surface area (Å²) < 4.78 is 0. The molecule has 0 saturated carbocycles. The molecule has 1 aliphatic rings. The van der Waals surface area contributed by atoms with Crippen LogP contribution in [-0.2, 0) is 4.79 Å². The minimum absolute atomic E-state index is 0. The number of likely N-dealkylation sites (tertiary alicyclic amines) is 1. The van der Waals surface area contributed by atoms with E-state index in [1.807, 2.05) is 49.1 Å². The van der Waals surface area contributed by atoms with Gasteiger partial charge in [0.1, 0.15) is 0 Å². The molecule has 5 heteroatoms. The third kappa shape index (κ3) is 5.33. The van der Waals surface area contributed by atoms with Gasteiger partial charge in [-0.05, 0) is 39.8 Å². The summed E-state index contributed by atoms with van der Waals surface area (Å²) in [5.41, 5.74) is 0.767. The van der Waals surface area contributed by atoms with Gasteiger partial charge in [0.25, 0.3) is 0 Å². The Morgan fingerprint density at radius 3 is 2.17 bits per heavy atom. The summed E-state index contributed by atoms with van der Waals surface area (Å²) in [5.74, 6) is 0.566. The highest BCUT2D eigenvalue weighted by Gasteiger charge is 2.28. The molecule has 0 bridgehead atoms. The Hall–Kier alpha value is -1.39. The molecular weight excluding hydrogens is 312 g/mol. The zero-order valence-electron chi connectivity index (χ0n) is 14.0. The number of Topliss-reactive ketones (excluding diaryl/α,β-unsaturated/α-hetero) is 1. The van der Waals surface area contributed by atoms with Crippen molar-refractivity contribution in [1.82, 2.24) is 9.80 Å². The third-order valence-corrected chi connectivity index (χ3v) is 4.47. The molecule has 23 heavy (non-hydrogen) atoms. The summed E-state index contributed by atoms with van der Waals surface area (Å²) in [6.07, 6.45) is 1.72. The van der Waals surface area contributed by atoms with Gasteiger partial charge >= 0.3 is 0 Å². The summed E-state index contributed by atoms with van der Waals surface area (Å²) in [6.45, 7) is 7.72. The van der Waals surface area contributed by atoms with Crippen LogP contribution in [0.1, 0.15) is 37.0 Å². The van der Waals surface area contributed by atoms with Crippen LogP contribution in [0.25, 0.3) is 0 Å². The van der Waals surface area contributed by atoms with Crippen LogP contribution >= 0.6 is 12.4 Å². The highest BCUT2D eigenvalue weighted by Crippen LogP contribution is 2.20. The van der Waals surface area contributed by atoms with E-state index in [1.54, 1.807) is 0 Å². The number of halogens is 1. The maximum absolute atomic E-state index is 12.4. The SMILES string of the molecule is CCN(CC)C(=O)C1CCN(CC(=O)c2ccccc2)CC1.Cl. The highest BCUT2D eigenvalue weighted by atomic mass is 35.5. The fraction of sp³-hybridized carbons (Fsp3) is 0.556. The van der Waals surface area contributed by atoms with Crippen molar-refractivity contribution in [3.8, 4) is 0 Å². The van der Waals surface area contributed by atoms with E-state index in [2.05, 4.69) is 4.90 Å². The van der Waals surface area contributed by atoms with Crippen LogP contribution in [0, 0.1) is 5.92 Å². The lowest BCUT2D eigenvalue weighted by molar-refractivity contribution is -0.136. The summed E-state index contributed by atoms with van der Waals surface area (Å²) in [6, 6.07) is 9.42.